The van der Waals surface area contributed by atoms with Crippen LogP contribution in [0.15, 0.2) is 96.3 Å². The maximum atomic E-state index is 13.7. The second-order valence-electron chi connectivity index (χ2n) is 7.99. The standard InChI is InChI=1S/C25H23Br2N3O3S2/c1-17-3-13-23(14-4-17)35(31,32)30(15-19-5-9-21(26)10-6-19)18(2)24-28-29-25(33-24)34-16-20-7-11-22(27)12-8-20/h3-14,18H,15-16H2,1-2H3. The summed E-state index contributed by atoms with van der Waals surface area (Å²) >= 11 is 8.27. The molecule has 1 aromatic heterocycles. The highest BCUT2D eigenvalue weighted by atomic mass is 79.9. The SMILES string of the molecule is Cc1ccc(S(=O)(=O)N(Cc2ccc(Br)cc2)C(C)c2nnc(SCc3ccc(Br)cc3)o2)cc1. The Hall–Kier alpha value is -1.98. The fourth-order valence-corrected chi connectivity index (χ4v) is 6.17. The topological polar surface area (TPSA) is 76.3 Å². The molecule has 0 amide bonds. The summed E-state index contributed by atoms with van der Waals surface area (Å²) in [4.78, 5) is 0.219. The van der Waals surface area contributed by atoms with Gasteiger partial charge in [-0.05, 0) is 61.4 Å². The summed E-state index contributed by atoms with van der Waals surface area (Å²) < 4.78 is 36.6. The molecule has 0 saturated heterocycles. The third-order valence-electron chi connectivity index (χ3n) is 5.37. The van der Waals surface area contributed by atoms with Crippen molar-refractivity contribution in [1.82, 2.24) is 14.5 Å². The molecule has 0 aliphatic heterocycles. The minimum absolute atomic E-state index is 0.161. The van der Waals surface area contributed by atoms with Gasteiger partial charge in [0.05, 0.1) is 4.90 Å². The van der Waals surface area contributed by atoms with E-state index in [9.17, 15) is 8.42 Å². The van der Waals surface area contributed by atoms with Crippen molar-refractivity contribution in [3.8, 4) is 0 Å². The van der Waals surface area contributed by atoms with Crippen molar-refractivity contribution < 1.29 is 12.8 Å². The highest BCUT2D eigenvalue weighted by molar-refractivity contribution is 9.10. The summed E-state index contributed by atoms with van der Waals surface area (Å²) in [7, 11) is -3.84. The molecule has 0 saturated carbocycles. The fraction of sp³-hybridized carbons (Fsp3) is 0.200. The van der Waals surface area contributed by atoms with E-state index in [-0.39, 0.29) is 17.3 Å². The van der Waals surface area contributed by atoms with E-state index >= 15 is 0 Å². The lowest BCUT2D eigenvalue weighted by Crippen LogP contribution is -2.33. The quantitative estimate of drug-likeness (QED) is 0.182. The molecule has 10 heteroatoms. The van der Waals surface area contributed by atoms with Gasteiger partial charge in [-0.15, -0.1) is 10.2 Å². The second kappa shape index (κ2) is 11.4. The lowest BCUT2D eigenvalue weighted by Gasteiger charge is -2.26. The molecular formula is C25H23Br2N3O3S2. The number of nitrogens with zero attached hydrogens (tertiary/aromatic N) is 3. The molecule has 0 spiro atoms. The van der Waals surface area contributed by atoms with Gasteiger partial charge in [0.25, 0.3) is 5.22 Å². The van der Waals surface area contributed by atoms with Crippen molar-refractivity contribution in [2.24, 2.45) is 0 Å². The van der Waals surface area contributed by atoms with Gasteiger partial charge in [0.1, 0.15) is 6.04 Å². The molecule has 0 aliphatic rings. The van der Waals surface area contributed by atoms with E-state index in [4.69, 9.17) is 4.42 Å². The van der Waals surface area contributed by atoms with E-state index < -0.39 is 16.1 Å². The number of thioether (sulfide) groups is 1. The predicted molar refractivity (Wildman–Crippen MR) is 144 cm³/mol. The van der Waals surface area contributed by atoms with Crippen molar-refractivity contribution in [2.75, 3.05) is 0 Å². The summed E-state index contributed by atoms with van der Waals surface area (Å²) in [5.74, 6) is 0.907. The number of hydrogen-bond acceptors (Lipinski definition) is 6. The van der Waals surface area contributed by atoms with Crippen LogP contribution >= 0.6 is 43.6 Å². The number of aromatic nitrogens is 2. The molecule has 6 nitrogen and oxygen atoms in total. The van der Waals surface area contributed by atoms with Crippen LogP contribution in [0.2, 0.25) is 0 Å². The maximum absolute atomic E-state index is 13.7. The summed E-state index contributed by atoms with van der Waals surface area (Å²) in [6.07, 6.45) is 0. The Morgan fingerprint density at radius 3 is 2.06 bits per heavy atom. The van der Waals surface area contributed by atoms with Gasteiger partial charge in [-0.1, -0.05) is 85.6 Å². The van der Waals surface area contributed by atoms with Crippen LogP contribution in [0, 0.1) is 6.92 Å². The van der Waals surface area contributed by atoms with Gasteiger partial charge in [-0.25, -0.2) is 8.42 Å². The van der Waals surface area contributed by atoms with Gasteiger partial charge < -0.3 is 4.42 Å². The normalized spacial score (nSPS) is 12.7. The second-order valence-corrected chi connectivity index (χ2v) is 12.6. The monoisotopic (exact) mass is 635 g/mol. The Bertz CT molecular complexity index is 1370. The third-order valence-corrected chi connectivity index (χ3v) is 9.24. The molecular weight excluding hydrogens is 614 g/mol. The van der Waals surface area contributed by atoms with Gasteiger partial charge >= 0.3 is 0 Å². The Labute approximate surface area is 226 Å². The zero-order chi connectivity index (χ0) is 25.0. The van der Waals surface area contributed by atoms with E-state index in [2.05, 4.69) is 42.1 Å². The van der Waals surface area contributed by atoms with Crippen molar-refractivity contribution in [1.29, 1.82) is 0 Å². The van der Waals surface area contributed by atoms with E-state index in [0.717, 1.165) is 25.6 Å². The minimum atomic E-state index is -3.84. The van der Waals surface area contributed by atoms with Crippen LogP contribution in [0.1, 0.15) is 35.5 Å². The van der Waals surface area contributed by atoms with Crippen LogP contribution in [-0.2, 0) is 22.3 Å². The van der Waals surface area contributed by atoms with E-state index in [0.29, 0.717) is 11.0 Å². The molecule has 4 aromatic rings. The summed E-state index contributed by atoms with van der Waals surface area (Å²) in [6, 6.07) is 21.7. The highest BCUT2D eigenvalue weighted by Gasteiger charge is 2.33. The molecule has 1 unspecified atom stereocenters. The Kier molecular flexibility index (Phi) is 8.49. The number of hydrogen-bond donors (Lipinski definition) is 0. The minimum Gasteiger partial charge on any atom is -0.414 e. The molecule has 0 fully saturated rings. The first-order valence-corrected chi connectivity index (χ1v) is 14.8. The molecule has 4 rings (SSSR count). The van der Waals surface area contributed by atoms with Gasteiger partial charge in [0.15, 0.2) is 0 Å². The summed E-state index contributed by atoms with van der Waals surface area (Å²) in [6.45, 7) is 3.85. The molecule has 3 aromatic carbocycles. The number of sulfonamides is 1. The largest absolute Gasteiger partial charge is 0.414 e. The number of halogens is 2. The van der Waals surface area contributed by atoms with E-state index in [1.165, 1.54) is 16.1 Å². The first-order valence-electron chi connectivity index (χ1n) is 10.8. The van der Waals surface area contributed by atoms with Crippen LogP contribution in [-0.4, -0.2) is 22.9 Å². The first-order chi connectivity index (χ1) is 16.7. The lowest BCUT2D eigenvalue weighted by atomic mass is 10.2. The van der Waals surface area contributed by atoms with Crippen LogP contribution in [0.4, 0.5) is 0 Å². The maximum Gasteiger partial charge on any atom is 0.276 e. The van der Waals surface area contributed by atoms with Crippen molar-refractivity contribution in [2.45, 2.75) is 42.3 Å². The number of rotatable bonds is 9. The Morgan fingerprint density at radius 1 is 0.886 bits per heavy atom. The number of benzene rings is 3. The van der Waals surface area contributed by atoms with E-state index in [1.54, 1.807) is 31.2 Å². The third kappa shape index (κ3) is 6.62. The summed E-state index contributed by atoms with van der Waals surface area (Å²) in [5.41, 5.74) is 2.95. The molecule has 35 heavy (non-hydrogen) atoms. The van der Waals surface area contributed by atoms with Gasteiger partial charge in [0, 0.05) is 21.2 Å². The predicted octanol–water partition coefficient (Wildman–Crippen LogP) is 7.15. The smallest absolute Gasteiger partial charge is 0.276 e. The zero-order valence-corrected chi connectivity index (χ0v) is 23.9. The average Bonchev–Trinajstić information content (AvgIpc) is 3.32. The Morgan fingerprint density at radius 2 is 1.46 bits per heavy atom. The molecule has 0 radical (unpaired) electrons. The fourth-order valence-electron chi connectivity index (χ4n) is 3.34. The first kappa shape index (κ1) is 26.1. The molecule has 0 bridgehead atoms. The van der Waals surface area contributed by atoms with Crippen LogP contribution in [0.3, 0.4) is 0 Å². The van der Waals surface area contributed by atoms with E-state index in [1.807, 2.05) is 55.5 Å². The molecule has 0 N–H and O–H groups in total. The van der Waals surface area contributed by atoms with Crippen LogP contribution < -0.4 is 0 Å². The highest BCUT2D eigenvalue weighted by Crippen LogP contribution is 2.31. The molecule has 1 atom stereocenters. The van der Waals surface area contributed by atoms with Crippen LogP contribution in [0.5, 0.6) is 0 Å². The van der Waals surface area contributed by atoms with Gasteiger partial charge in [-0.3, -0.25) is 0 Å². The molecule has 182 valence electrons. The molecule has 0 aliphatic carbocycles. The zero-order valence-electron chi connectivity index (χ0n) is 19.1. The average molecular weight is 637 g/mol. The van der Waals surface area contributed by atoms with Crippen molar-refractivity contribution in [3.05, 3.63) is 104 Å². The van der Waals surface area contributed by atoms with Crippen LogP contribution in [0.25, 0.3) is 0 Å². The van der Waals surface area contributed by atoms with Crippen molar-refractivity contribution >= 4 is 53.6 Å². The van der Waals surface area contributed by atoms with Gasteiger partial charge in [0.2, 0.25) is 15.9 Å². The summed E-state index contributed by atoms with van der Waals surface area (Å²) in [5, 5.41) is 8.72. The van der Waals surface area contributed by atoms with Crippen molar-refractivity contribution in [3.63, 3.8) is 0 Å². The number of aryl methyl sites for hydroxylation is 1. The van der Waals surface area contributed by atoms with Gasteiger partial charge in [-0.2, -0.15) is 4.31 Å². The molecule has 1 heterocycles. The Balaban J connectivity index is 1.59. The lowest BCUT2D eigenvalue weighted by molar-refractivity contribution is 0.272.